The van der Waals surface area contributed by atoms with Crippen LogP contribution in [0, 0.1) is 24.0 Å². The molecule has 2 atom stereocenters. The van der Waals surface area contributed by atoms with Crippen molar-refractivity contribution >= 4 is 28.7 Å². The van der Waals surface area contributed by atoms with Crippen LogP contribution in [-0.2, 0) is 0 Å². The molecule has 4 aromatic rings. The van der Waals surface area contributed by atoms with E-state index >= 15 is 0 Å². The Labute approximate surface area is 202 Å². The van der Waals surface area contributed by atoms with Crippen molar-refractivity contribution in [3.8, 4) is 5.69 Å². The molecule has 7 nitrogen and oxygen atoms in total. The molecule has 0 bridgehead atoms. The van der Waals surface area contributed by atoms with Crippen LogP contribution in [0.4, 0.5) is 11.4 Å². The molecule has 8 heteroatoms. The lowest BCUT2D eigenvalue weighted by molar-refractivity contribution is -0.384. The van der Waals surface area contributed by atoms with Gasteiger partial charge in [-0.05, 0) is 79.7 Å². The van der Waals surface area contributed by atoms with Gasteiger partial charge in [-0.25, -0.2) is 0 Å². The molecular weight excluding hydrogens is 446 g/mol. The highest BCUT2D eigenvalue weighted by molar-refractivity contribution is 7.80. The van der Waals surface area contributed by atoms with Gasteiger partial charge in [0.25, 0.3) is 5.69 Å². The Morgan fingerprint density at radius 1 is 0.971 bits per heavy atom. The SMILES string of the molecule is Cc1ccc(N2C(=S)N[C@H](c3ccccn3)[C@@H]2c2cccn2-c2cccc([N+](=O)[O-])c2)cc1C. The number of nitrogens with zero attached hydrogens (tertiary/aromatic N) is 4. The van der Waals surface area contributed by atoms with E-state index in [-0.39, 0.29) is 22.7 Å². The van der Waals surface area contributed by atoms with E-state index in [0.29, 0.717) is 10.8 Å². The Hall–Kier alpha value is -4.04. The first-order valence-electron chi connectivity index (χ1n) is 10.9. The van der Waals surface area contributed by atoms with Crippen molar-refractivity contribution in [3.05, 3.63) is 118 Å². The quantitative estimate of drug-likeness (QED) is 0.234. The molecule has 34 heavy (non-hydrogen) atoms. The fourth-order valence-corrected chi connectivity index (χ4v) is 4.78. The number of pyridine rings is 1. The van der Waals surface area contributed by atoms with Crippen LogP contribution >= 0.6 is 12.2 Å². The first-order chi connectivity index (χ1) is 16.4. The maximum absolute atomic E-state index is 11.4. The molecule has 1 aliphatic heterocycles. The van der Waals surface area contributed by atoms with Crippen molar-refractivity contribution in [3.63, 3.8) is 0 Å². The van der Waals surface area contributed by atoms with Crippen molar-refractivity contribution in [1.29, 1.82) is 0 Å². The largest absolute Gasteiger partial charge is 0.351 e. The number of hydrogen-bond donors (Lipinski definition) is 1. The van der Waals surface area contributed by atoms with Gasteiger partial charge in [0.1, 0.15) is 6.04 Å². The van der Waals surface area contributed by atoms with Gasteiger partial charge in [0.15, 0.2) is 5.11 Å². The summed E-state index contributed by atoms with van der Waals surface area (Å²) in [6.07, 6.45) is 3.69. The molecule has 0 spiro atoms. The lowest BCUT2D eigenvalue weighted by atomic mass is 10.00. The summed E-state index contributed by atoms with van der Waals surface area (Å²) >= 11 is 5.83. The van der Waals surface area contributed by atoms with Crippen molar-refractivity contribution in [2.45, 2.75) is 25.9 Å². The van der Waals surface area contributed by atoms with Gasteiger partial charge in [-0.1, -0.05) is 18.2 Å². The third kappa shape index (κ3) is 3.82. The zero-order valence-corrected chi connectivity index (χ0v) is 19.6. The van der Waals surface area contributed by atoms with E-state index in [1.807, 2.05) is 47.2 Å². The second-order valence-electron chi connectivity index (χ2n) is 8.35. The van der Waals surface area contributed by atoms with Crippen molar-refractivity contribution < 1.29 is 4.92 Å². The molecule has 1 N–H and O–H groups in total. The molecule has 1 fully saturated rings. The van der Waals surface area contributed by atoms with Crippen molar-refractivity contribution in [1.82, 2.24) is 14.9 Å². The summed E-state index contributed by atoms with van der Waals surface area (Å²) in [5, 5.41) is 15.5. The second-order valence-corrected chi connectivity index (χ2v) is 8.73. The van der Waals surface area contributed by atoms with E-state index in [4.69, 9.17) is 12.2 Å². The van der Waals surface area contributed by atoms with Crippen molar-refractivity contribution in [2.24, 2.45) is 0 Å². The Bertz CT molecular complexity index is 1380. The second kappa shape index (κ2) is 8.72. The zero-order chi connectivity index (χ0) is 23.8. The van der Waals surface area contributed by atoms with E-state index in [1.54, 1.807) is 18.3 Å². The van der Waals surface area contributed by atoms with Crippen LogP contribution in [-0.4, -0.2) is 19.6 Å². The standard InChI is InChI=1S/C26H23N5O2S/c1-17-11-12-20(15-18(17)2)30-25(24(28-26(30)34)22-9-3-4-13-27-22)23-10-6-14-29(23)19-7-5-8-21(16-19)31(32)33/h3-16,24-25H,1-2H3,(H,28,34)/t24-,25+/m1/s1. The third-order valence-electron chi connectivity index (χ3n) is 6.27. The third-order valence-corrected chi connectivity index (χ3v) is 6.58. The van der Waals surface area contributed by atoms with Gasteiger partial charge in [-0.15, -0.1) is 0 Å². The van der Waals surface area contributed by atoms with Gasteiger partial charge in [0.05, 0.1) is 22.3 Å². The first-order valence-corrected chi connectivity index (χ1v) is 11.3. The molecule has 5 rings (SSSR count). The summed E-state index contributed by atoms with van der Waals surface area (Å²) in [7, 11) is 0. The van der Waals surface area contributed by atoms with Gasteiger partial charge in [-0.3, -0.25) is 15.1 Å². The summed E-state index contributed by atoms with van der Waals surface area (Å²) in [4.78, 5) is 17.7. The van der Waals surface area contributed by atoms with Gasteiger partial charge in [0, 0.05) is 35.9 Å². The average Bonchev–Trinajstić information content (AvgIpc) is 3.46. The average molecular weight is 470 g/mol. The topological polar surface area (TPSA) is 76.2 Å². The lowest BCUT2D eigenvalue weighted by Gasteiger charge is -2.29. The van der Waals surface area contributed by atoms with Crippen molar-refractivity contribution in [2.75, 3.05) is 4.90 Å². The number of hydrogen-bond acceptors (Lipinski definition) is 4. The summed E-state index contributed by atoms with van der Waals surface area (Å²) < 4.78 is 1.98. The molecule has 0 aliphatic carbocycles. The van der Waals surface area contributed by atoms with Crippen LogP contribution in [0.5, 0.6) is 0 Å². The number of non-ortho nitro benzene ring substituents is 1. The van der Waals surface area contributed by atoms with Gasteiger partial charge in [0.2, 0.25) is 0 Å². The molecule has 1 aliphatic rings. The Morgan fingerprint density at radius 3 is 2.56 bits per heavy atom. The normalized spacial score (nSPS) is 17.6. The Balaban J connectivity index is 1.67. The first kappa shape index (κ1) is 21.8. The predicted octanol–water partition coefficient (Wildman–Crippen LogP) is 5.57. The van der Waals surface area contributed by atoms with Crippen LogP contribution in [0.1, 0.15) is 34.6 Å². The number of nitrogens with one attached hydrogen (secondary N) is 1. The minimum absolute atomic E-state index is 0.0458. The molecule has 2 aromatic carbocycles. The van der Waals surface area contributed by atoms with Crippen LogP contribution in [0.15, 0.2) is 85.2 Å². The summed E-state index contributed by atoms with van der Waals surface area (Å²) in [5.74, 6) is 0. The fourth-order valence-electron chi connectivity index (χ4n) is 4.44. The molecular formula is C26H23N5O2S. The minimum Gasteiger partial charge on any atom is -0.351 e. The highest BCUT2D eigenvalue weighted by Crippen LogP contribution is 2.42. The number of rotatable bonds is 5. The summed E-state index contributed by atoms with van der Waals surface area (Å²) in [6, 6.07) is 22.3. The van der Waals surface area contributed by atoms with E-state index in [0.717, 1.165) is 17.1 Å². The number of anilines is 1. The molecule has 170 valence electrons. The Morgan fingerprint density at radius 2 is 1.82 bits per heavy atom. The van der Waals surface area contributed by atoms with Crippen LogP contribution in [0.25, 0.3) is 5.69 Å². The van der Waals surface area contributed by atoms with E-state index in [2.05, 4.69) is 47.2 Å². The van der Waals surface area contributed by atoms with E-state index in [1.165, 1.54) is 17.2 Å². The molecule has 0 saturated carbocycles. The maximum atomic E-state index is 11.4. The van der Waals surface area contributed by atoms with Crippen LogP contribution in [0.2, 0.25) is 0 Å². The molecule has 0 amide bonds. The number of thiocarbonyl (C=S) groups is 1. The molecule has 0 radical (unpaired) electrons. The lowest BCUT2D eigenvalue weighted by Crippen LogP contribution is -2.30. The van der Waals surface area contributed by atoms with E-state index < -0.39 is 0 Å². The van der Waals surface area contributed by atoms with Crippen LogP contribution < -0.4 is 10.2 Å². The van der Waals surface area contributed by atoms with E-state index in [9.17, 15) is 10.1 Å². The van der Waals surface area contributed by atoms with Gasteiger partial charge >= 0.3 is 0 Å². The Kier molecular flexibility index (Phi) is 5.59. The number of nitro benzene ring substituents is 1. The smallest absolute Gasteiger partial charge is 0.271 e. The summed E-state index contributed by atoms with van der Waals surface area (Å²) in [5.41, 5.74) is 5.94. The number of nitro groups is 1. The summed E-state index contributed by atoms with van der Waals surface area (Å²) in [6.45, 7) is 4.17. The van der Waals surface area contributed by atoms with Gasteiger partial charge in [-0.2, -0.15) is 0 Å². The molecule has 0 unspecified atom stereocenters. The molecule has 1 saturated heterocycles. The highest BCUT2D eigenvalue weighted by atomic mass is 32.1. The zero-order valence-electron chi connectivity index (χ0n) is 18.8. The number of aromatic nitrogens is 2. The predicted molar refractivity (Wildman–Crippen MR) is 136 cm³/mol. The fraction of sp³-hybridized carbons (Fsp3) is 0.154. The number of benzene rings is 2. The highest BCUT2D eigenvalue weighted by Gasteiger charge is 2.42. The van der Waals surface area contributed by atoms with Crippen LogP contribution in [0.3, 0.4) is 0 Å². The van der Waals surface area contributed by atoms with Gasteiger partial charge < -0.3 is 14.8 Å². The molecule has 2 aromatic heterocycles. The molecule has 3 heterocycles. The number of aryl methyl sites for hydroxylation is 2. The maximum Gasteiger partial charge on any atom is 0.271 e. The monoisotopic (exact) mass is 469 g/mol. The minimum atomic E-state index is -0.378.